The van der Waals surface area contributed by atoms with E-state index in [9.17, 15) is 4.79 Å². The monoisotopic (exact) mass is 505 g/mol. The van der Waals surface area contributed by atoms with Gasteiger partial charge in [-0.1, -0.05) is 22.9 Å². The predicted octanol–water partition coefficient (Wildman–Crippen LogP) is 5.55. The van der Waals surface area contributed by atoms with Crippen molar-refractivity contribution in [3.63, 3.8) is 0 Å². The van der Waals surface area contributed by atoms with E-state index in [-0.39, 0.29) is 11.8 Å². The first-order valence-corrected chi connectivity index (χ1v) is 12.4. The number of hydrogen-bond acceptors (Lipinski definition) is 4. The molecule has 0 spiro atoms. The highest BCUT2D eigenvalue weighted by Gasteiger charge is 2.29. The number of aromatic nitrogens is 3. The van der Waals surface area contributed by atoms with Crippen molar-refractivity contribution in [3.8, 4) is 11.1 Å². The van der Waals surface area contributed by atoms with Gasteiger partial charge >= 0.3 is 5.97 Å². The van der Waals surface area contributed by atoms with Crippen LogP contribution in [0.2, 0.25) is 0 Å². The maximum atomic E-state index is 15.6. The Morgan fingerprint density at radius 1 is 1.31 bits per heavy atom. The van der Waals surface area contributed by atoms with Crippen LogP contribution in [0.3, 0.4) is 0 Å². The summed E-state index contributed by atoms with van der Waals surface area (Å²) in [6.07, 6.45) is 3.88. The molecule has 3 aromatic rings. The first-order chi connectivity index (χ1) is 15.6. The lowest BCUT2D eigenvalue weighted by atomic mass is 9.97. The van der Waals surface area contributed by atoms with Crippen molar-refractivity contribution in [1.82, 2.24) is 14.8 Å². The average Bonchev–Trinajstić information content (AvgIpc) is 3.32. The molecule has 1 aliphatic heterocycles. The van der Waals surface area contributed by atoms with Crippen LogP contribution in [0.25, 0.3) is 22.0 Å². The predicted molar refractivity (Wildman–Crippen MR) is 126 cm³/mol. The van der Waals surface area contributed by atoms with Crippen molar-refractivity contribution in [3.05, 3.63) is 40.6 Å². The van der Waals surface area contributed by atoms with Crippen LogP contribution in [0.5, 0.6) is 0 Å². The minimum absolute atomic E-state index is 0.291. The van der Waals surface area contributed by atoms with Gasteiger partial charge in [0.05, 0.1) is 30.1 Å². The number of nitrogens with zero attached hydrogens (tertiary/aromatic N) is 2. The van der Waals surface area contributed by atoms with E-state index >= 15 is 4.39 Å². The maximum absolute atomic E-state index is 15.6. The molecular weight excluding hydrogens is 477 g/mol. The number of H-pyrrole nitrogens is 1. The molecule has 6 nitrogen and oxygen atoms in total. The van der Waals surface area contributed by atoms with E-state index in [0.717, 1.165) is 58.0 Å². The number of halogens is 2. The van der Waals surface area contributed by atoms with Crippen LogP contribution in [-0.2, 0) is 35.5 Å². The third-order valence-electron chi connectivity index (χ3n) is 5.97. The third kappa shape index (κ3) is 4.10. The molecule has 0 atom stereocenters. The van der Waals surface area contributed by atoms with Gasteiger partial charge in [0.2, 0.25) is 0 Å². The fraction of sp³-hybridized carbons (Fsp3) is 0.500. The third-order valence-corrected chi connectivity index (χ3v) is 6.54. The van der Waals surface area contributed by atoms with E-state index < -0.39 is 0 Å². The summed E-state index contributed by atoms with van der Waals surface area (Å²) in [5, 5.41) is 9.24. The number of alkyl halides is 1. The number of aryl methyl sites for hydroxylation is 3. The second kappa shape index (κ2) is 10.2. The molecule has 32 heavy (non-hydrogen) atoms. The number of hydrogen-bond donors (Lipinski definition) is 1. The van der Waals surface area contributed by atoms with Crippen LogP contribution in [-0.4, -0.2) is 39.3 Å². The number of nitrogens with one attached hydrogen (secondary N) is 1. The molecule has 172 valence electrons. The summed E-state index contributed by atoms with van der Waals surface area (Å²) >= 11 is 3.51. The largest absolute Gasteiger partial charge is 0.461 e. The fourth-order valence-corrected chi connectivity index (χ4v) is 4.89. The van der Waals surface area contributed by atoms with Crippen molar-refractivity contribution in [2.24, 2.45) is 0 Å². The zero-order valence-electron chi connectivity index (χ0n) is 18.6. The lowest BCUT2D eigenvalue weighted by Crippen LogP contribution is -2.15. The molecule has 0 amide bonds. The maximum Gasteiger partial charge on any atom is 0.355 e. The summed E-state index contributed by atoms with van der Waals surface area (Å²) in [7, 11) is 0. The van der Waals surface area contributed by atoms with Crippen LogP contribution < -0.4 is 0 Å². The standard InChI is InChI=1S/C24H29BrFN3O3/c1-3-18-21-19(28-27-18)14-31-13-6-5-12-29-22-16(9-10-17(26)20(21)22)15(8-7-11-25)23(29)24(30)32-4-2/h9-10H,3-8,11-14H2,1-2H3,(H,27,28). The molecule has 1 N–H and O–H groups in total. The van der Waals surface area contributed by atoms with E-state index in [0.29, 0.717) is 50.5 Å². The molecule has 1 aromatic carbocycles. The molecule has 0 radical (unpaired) electrons. The van der Waals surface area contributed by atoms with Crippen molar-refractivity contribution in [1.29, 1.82) is 0 Å². The first kappa shape index (κ1) is 23.0. The van der Waals surface area contributed by atoms with Gasteiger partial charge in [0.25, 0.3) is 0 Å². The van der Waals surface area contributed by atoms with Gasteiger partial charge in [-0.3, -0.25) is 5.10 Å². The Balaban J connectivity index is 2.10. The number of carbonyl (C=O) groups is 1. The molecule has 3 heterocycles. The Labute approximate surface area is 195 Å². The van der Waals surface area contributed by atoms with Gasteiger partial charge in [-0.25, -0.2) is 9.18 Å². The van der Waals surface area contributed by atoms with Gasteiger partial charge in [0.1, 0.15) is 11.5 Å². The minimum Gasteiger partial charge on any atom is -0.461 e. The molecule has 0 aliphatic carbocycles. The molecular formula is C24H29BrFN3O3. The van der Waals surface area contributed by atoms with E-state index in [1.165, 1.54) is 6.07 Å². The number of carbonyl (C=O) groups excluding carboxylic acids is 1. The summed E-state index contributed by atoms with van der Waals surface area (Å²) in [5.74, 6) is -0.677. The van der Waals surface area contributed by atoms with Crippen molar-refractivity contribution < 1.29 is 18.7 Å². The van der Waals surface area contributed by atoms with Gasteiger partial charge < -0.3 is 14.0 Å². The number of rotatable bonds is 6. The molecule has 0 fully saturated rings. The molecule has 1 aliphatic rings. The lowest BCUT2D eigenvalue weighted by Gasteiger charge is -2.14. The number of esters is 1. The second-order valence-electron chi connectivity index (χ2n) is 7.95. The van der Waals surface area contributed by atoms with E-state index in [1.807, 2.05) is 11.5 Å². The summed E-state index contributed by atoms with van der Waals surface area (Å²) in [6.45, 7) is 5.63. The van der Waals surface area contributed by atoms with Crippen molar-refractivity contribution in [2.45, 2.75) is 59.1 Å². The summed E-state index contributed by atoms with van der Waals surface area (Å²) in [6, 6.07) is 3.31. The number of fused-ring (bicyclic) bond motifs is 2. The lowest BCUT2D eigenvalue weighted by molar-refractivity contribution is 0.0512. The summed E-state index contributed by atoms with van der Waals surface area (Å²) in [4.78, 5) is 13.1. The highest BCUT2D eigenvalue weighted by atomic mass is 79.9. The average molecular weight is 506 g/mol. The Kier molecular flexibility index (Phi) is 7.30. The van der Waals surface area contributed by atoms with Gasteiger partial charge in [0, 0.05) is 35.0 Å². The zero-order valence-corrected chi connectivity index (χ0v) is 20.2. The highest BCUT2D eigenvalue weighted by molar-refractivity contribution is 9.09. The number of ether oxygens (including phenoxy) is 2. The Morgan fingerprint density at radius 3 is 2.91 bits per heavy atom. The molecule has 0 saturated carbocycles. The van der Waals surface area contributed by atoms with Gasteiger partial charge in [-0.15, -0.1) is 0 Å². The Hall–Kier alpha value is -2.19. The smallest absolute Gasteiger partial charge is 0.355 e. The molecule has 0 bridgehead atoms. The molecule has 8 heteroatoms. The van der Waals surface area contributed by atoms with Crippen LogP contribution in [0.4, 0.5) is 4.39 Å². The number of benzene rings is 1. The molecule has 0 unspecified atom stereocenters. The highest BCUT2D eigenvalue weighted by Crippen LogP contribution is 2.40. The topological polar surface area (TPSA) is 69.1 Å². The van der Waals surface area contributed by atoms with Gasteiger partial charge in [-0.2, -0.15) is 5.10 Å². The van der Waals surface area contributed by atoms with Crippen LogP contribution in [0, 0.1) is 5.82 Å². The second-order valence-corrected chi connectivity index (χ2v) is 8.74. The van der Waals surface area contributed by atoms with Crippen LogP contribution >= 0.6 is 15.9 Å². The SMILES string of the molecule is CCOC(=O)c1c(CCCBr)c2ccc(F)c3c2n1CCCCOCc1[nH]nc(CC)c1-3. The van der Waals surface area contributed by atoms with Gasteiger partial charge in [-0.05, 0) is 56.7 Å². The Bertz CT molecular complexity index is 1120. The van der Waals surface area contributed by atoms with Crippen molar-refractivity contribution in [2.75, 3.05) is 18.5 Å². The van der Waals surface area contributed by atoms with E-state index in [4.69, 9.17) is 9.47 Å². The zero-order chi connectivity index (χ0) is 22.7. The van der Waals surface area contributed by atoms with Crippen LogP contribution in [0.15, 0.2) is 12.1 Å². The normalized spacial score (nSPS) is 14.2. The quantitative estimate of drug-likeness (QED) is 0.352. The van der Waals surface area contributed by atoms with Crippen molar-refractivity contribution >= 4 is 32.8 Å². The minimum atomic E-state index is -0.353. The van der Waals surface area contributed by atoms with Gasteiger partial charge in [0.15, 0.2) is 0 Å². The molecule has 2 aromatic heterocycles. The first-order valence-electron chi connectivity index (χ1n) is 11.3. The summed E-state index contributed by atoms with van der Waals surface area (Å²) in [5.41, 5.74) is 5.01. The summed E-state index contributed by atoms with van der Waals surface area (Å²) < 4.78 is 28.9. The van der Waals surface area contributed by atoms with E-state index in [1.54, 1.807) is 13.0 Å². The molecule has 4 rings (SSSR count). The van der Waals surface area contributed by atoms with E-state index in [2.05, 4.69) is 26.1 Å². The Morgan fingerprint density at radius 2 is 2.16 bits per heavy atom. The fourth-order valence-electron chi connectivity index (χ4n) is 4.61. The number of aromatic amines is 1. The molecule has 0 saturated heterocycles. The van der Waals surface area contributed by atoms with Crippen LogP contribution in [0.1, 0.15) is 60.5 Å².